The van der Waals surface area contributed by atoms with E-state index in [9.17, 15) is 9.90 Å². The van der Waals surface area contributed by atoms with Crippen LogP contribution in [0.4, 0.5) is 5.69 Å². The number of carbonyl (C=O) groups excluding carboxylic acids is 1. The summed E-state index contributed by atoms with van der Waals surface area (Å²) in [4.78, 5) is 13.2. The first kappa shape index (κ1) is 18.1. The predicted octanol–water partition coefficient (Wildman–Crippen LogP) is 4.23. The number of aromatic nitrogens is 2. The van der Waals surface area contributed by atoms with Gasteiger partial charge in [-0.25, -0.2) is 4.68 Å². The highest BCUT2D eigenvalue weighted by molar-refractivity contribution is 8.00. The van der Waals surface area contributed by atoms with Gasteiger partial charge in [-0.2, -0.15) is 5.10 Å². The maximum Gasteiger partial charge on any atom is 0.234 e. The molecule has 0 unspecified atom stereocenters. The van der Waals surface area contributed by atoms with Crippen LogP contribution < -0.4 is 5.32 Å². The number of aryl methyl sites for hydroxylation is 2. The molecular formula is C20H21N3O2S. The molecule has 0 radical (unpaired) electrons. The standard InChI is InChI=1S/C20H21N3O2S/c1-13-9-10-17(18(24)11-13)21-19(25)12-26-20-14(2)22-23(15(20)3)16-7-5-4-6-8-16/h4-11,24H,12H2,1-3H3,(H,21,25). The molecule has 26 heavy (non-hydrogen) atoms. The molecule has 0 fully saturated rings. The van der Waals surface area contributed by atoms with Crippen LogP contribution in [0.1, 0.15) is 17.0 Å². The number of thioether (sulfide) groups is 1. The molecule has 5 nitrogen and oxygen atoms in total. The monoisotopic (exact) mass is 367 g/mol. The molecule has 0 bridgehead atoms. The number of phenolic OH excluding ortho intramolecular Hbond substituents is 1. The van der Waals surface area contributed by atoms with Crippen molar-refractivity contribution >= 4 is 23.4 Å². The van der Waals surface area contributed by atoms with E-state index in [0.717, 1.165) is 27.5 Å². The van der Waals surface area contributed by atoms with Crippen molar-refractivity contribution in [2.45, 2.75) is 25.7 Å². The van der Waals surface area contributed by atoms with Crippen molar-refractivity contribution in [1.82, 2.24) is 9.78 Å². The molecule has 0 saturated carbocycles. The van der Waals surface area contributed by atoms with E-state index in [0.29, 0.717) is 5.69 Å². The van der Waals surface area contributed by atoms with Crippen LogP contribution in [-0.2, 0) is 4.79 Å². The van der Waals surface area contributed by atoms with Gasteiger partial charge in [-0.1, -0.05) is 24.3 Å². The number of carbonyl (C=O) groups is 1. The Labute approximate surface area is 157 Å². The minimum Gasteiger partial charge on any atom is -0.506 e. The number of amides is 1. The van der Waals surface area contributed by atoms with E-state index < -0.39 is 0 Å². The van der Waals surface area contributed by atoms with Gasteiger partial charge in [-0.3, -0.25) is 4.79 Å². The summed E-state index contributed by atoms with van der Waals surface area (Å²) < 4.78 is 1.89. The number of nitrogens with one attached hydrogen (secondary N) is 1. The van der Waals surface area contributed by atoms with Gasteiger partial charge in [-0.05, 0) is 50.6 Å². The Kier molecular flexibility index (Phi) is 5.32. The van der Waals surface area contributed by atoms with Crippen LogP contribution in [0, 0.1) is 20.8 Å². The second kappa shape index (κ2) is 7.66. The molecule has 1 amide bonds. The number of rotatable bonds is 5. The third-order valence-electron chi connectivity index (χ3n) is 4.00. The zero-order chi connectivity index (χ0) is 18.7. The van der Waals surface area contributed by atoms with E-state index >= 15 is 0 Å². The van der Waals surface area contributed by atoms with Gasteiger partial charge in [0.25, 0.3) is 0 Å². The number of hydrogen-bond acceptors (Lipinski definition) is 4. The predicted molar refractivity (Wildman–Crippen MR) is 105 cm³/mol. The highest BCUT2D eigenvalue weighted by atomic mass is 32.2. The molecule has 3 aromatic rings. The van der Waals surface area contributed by atoms with Crippen LogP contribution in [0.2, 0.25) is 0 Å². The lowest BCUT2D eigenvalue weighted by Crippen LogP contribution is -2.14. The van der Waals surface area contributed by atoms with E-state index in [1.807, 2.05) is 61.9 Å². The number of para-hydroxylation sites is 1. The lowest BCUT2D eigenvalue weighted by molar-refractivity contribution is -0.113. The van der Waals surface area contributed by atoms with Crippen LogP contribution >= 0.6 is 11.8 Å². The molecule has 3 rings (SSSR count). The second-order valence-corrected chi connectivity index (χ2v) is 7.09. The number of nitrogens with zero attached hydrogens (tertiary/aromatic N) is 2. The van der Waals surface area contributed by atoms with Crippen molar-refractivity contribution in [1.29, 1.82) is 0 Å². The van der Waals surface area contributed by atoms with Gasteiger partial charge >= 0.3 is 0 Å². The maximum atomic E-state index is 12.3. The zero-order valence-electron chi connectivity index (χ0n) is 15.0. The quantitative estimate of drug-likeness (QED) is 0.523. The molecule has 2 aromatic carbocycles. The Morgan fingerprint density at radius 2 is 1.88 bits per heavy atom. The molecule has 1 heterocycles. The lowest BCUT2D eigenvalue weighted by Gasteiger charge is -2.08. The average Bonchev–Trinajstić information content (AvgIpc) is 2.90. The van der Waals surface area contributed by atoms with Gasteiger partial charge in [0.15, 0.2) is 0 Å². The fourth-order valence-electron chi connectivity index (χ4n) is 2.73. The van der Waals surface area contributed by atoms with Gasteiger partial charge in [-0.15, -0.1) is 11.8 Å². The Balaban J connectivity index is 1.70. The molecule has 0 saturated heterocycles. The van der Waals surface area contributed by atoms with Crippen molar-refractivity contribution in [3.05, 3.63) is 65.5 Å². The smallest absolute Gasteiger partial charge is 0.234 e. The molecule has 134 valence electrons. The topological polar surface area (TPSA) is 67.2 Å². The molecule has 0 atom stereocenters. The summed E-state index contributed by atoms with van der Waals surface area (Å²) in [6.07, 6.45) is 0. The minimum absolute atomic E-state index is 0.0765. The molecule has 0 aliphatic heterocycles. The third kappa shape index (κ3) is 3.91. The zero-order valence-corrected chi connectivity index (χ0v) is 15.8. The summed E-state index contributed by atoms with van der Waals surface area (Å²) in [6, 6.07) is 15.1. The summed E-state index contributed by atoms with van der Waals surface area (Å²) in [6.45, 7) is 5.83. The molecule has 2 N–H and O–H groups in total. The summed E-state index contributed by atoms with van der Waals surface area (Å²) in [7, 11) is 0. The first-order chi connectivity index (χ1) is 12.5. The molecule has 0 spiro atoms. The van der Waals surface area contributed by atoms with E-state index in [4.69, 9.17) is 0 Å². The number of hydrogen-bond donors (Lipinski definition) is 2. The number of phenols is 1. The second-order valence-electron chi connectivity index (χ2n) is 6.10. The van der Waals surface area contributed by atoms with Crippen molar-refractivity contribution in [3.8, 4) is 11.4 Å². The van der Waals surface area contributed by atoms with Gasteiger partial charge in [0, 0.05) is 0 Å². The molecule has 6 heteroatoms. The van der Waals surface area contributed by atoms with Crippen molar-refractivity contribution < 1.29 is 9.90 Å². The Morgan fingerprint density at radius 3 is 2.58 bits per heavy atom. The third-order valence-corrected chi connectivity index (χ3v) is 5.29. The molecule has 1 aromatic heterocycles. The van der Waals surface area contributed by atoms with Crippen LogP contribution in [0.25, 0.3) is 5.69 Å². The SMILES string of the molecule is Cc1ccc(NC(=O)CSc2c(C)nn(-c3ccccc3)c2C)c(O)c1. The summed E-state index contributed by atoms with van der Waals surface area (Å²) in [5.41, 5.74) is 4.25. The van der Waals surface area contributed by atoms with Gasteiger partial charge in [0.2, 0.25) is 5.91 Å². The van der Waals surface area contributed by atoms with Crippen LogP contribution in [-0.4, -0.2) is 26.5 Å². The molecule has 0 aliphatic carbocycles. The first-order valence-corrected chi connectivity index (χ1v) is 9.28. The van der Waals surface area contributed by atoms with E-state index in [1.165, 1.54) is 11.8 Å². The fraction of sp³-hybridized carbons (Fsp3) is 0.200. The number of anilines is 1. The Hall–Kier alpha value is -2.73. The first-order valence-electron chi connectivity index (χ1n) is 8.29. The van der Waals surface area contributed by atoms with E-state index in [1.54, 1.807) is 12.1 Å². The Bertz CT molecular complexity index is 936. The van der Waals surface area contributed by atoms with Gasteiger partial charge in [0.05, 0.1) is 33.4 Å². The van der Waals surface area contributed by atoms with Crippen molar-refractivity contribution in [2.24, 2.45) is 0 Å². The largest absolute Gasteiger partial charge is 0.506 e. The maximum absolute atomic E-state index is 12.3. The number of benzene rings is 2. The normalized spacial score (nSPS) is 10.7. The van der Waals surface area contributed by atoms with Crippen LogP contribution in [0.5, 0.6) is 5.75 Å². The van der Waals surface area contributed by atoms with Crippen molar-refractivity contribution in [2.75, 3.05) is 11.1 Å². The highest BCUT2D eigenvalue weighted by Gasteiger charge is 2.15. The lowest BCUT2D eigenvalue weighted by atomic mass is 10.2. The van der Waals surface area contributed by atoms with E-state index in [-0.39, 0.29) is 17.4 Å². The highest BCUT2D eigenvalue weighted by Crippen LogP contribution is 2.29. The molecule has 0 aliphatic rings. The summed E-state index contributed by atoms with van der Waals surface area (Å²) >= 11 is 1.45. The average molecular weight is 367 g/mol. The van der Waals surface area contributed by atoms with Gasteiger partial charge < -0.3 is 10.4 Å². The molecular weight excluding hydrogens is 346 g/mol. The fourth-order valence-corrected chi connectivity index (χ4v) is 3.62. The van der Waals surface area contributed by atoms with E-state index in [2.05, 4.69) is 10.4 Å². The van der Waals surface area contributed by atoms with Gasteiger partial charge in [0.1, 0.15) is 5.75 Å². The number of aromatic hydroxyl groups is 1. The minimum atomic E-state index is -0.166. The summed E-state index contributed by atoms with van der Waals surface area (Å²) in [5, 5.41) is 17.2. The van der Waals surface area contributed by atoms with Crippen LogP contribution in [0.15, 0.2) is 53.4 Å². The van der Waals surface area contributed by atoms with Crippen LogP contribution in [0.3, 0.4) is 0 Å². The summed E-state index contributed by atoms with van der Waals surface area (Å²) in [5.74, 6) is 0.156. The van der Waals surface area contributed by atoms with Crippen molar-refractivity contribution in [3.63, 3.8) is 0 Å². The Morgan fingerprint density at radius 1 is 1.15 bits per heavy atom.